The summed E-state index contributed by atoms with van der Waals surface area (Å²) >= 11 is 2.10. The first-order valence-corrected chi connectivity index (χ1v) is 5.86. The van der Waals surface area contributed by atoms with E-state index < -0.39 is 0 Å². The van der Waals surface area contributed by atoms with Crippen LogP contribution < -0.4 is 5.32 Å². The first-order chi connectivity index (χ1) is 6.45. The van der Waals surface area contributed by atoms with Crippen molar-refractivity contribution in [1.29, 1.82) is 0 Å². The molecule has 1 aromatic rings. The highest BCUT2D eigenvalue weighted by Crippen LogP contribution is 2.17. The zero-order valence-electron chi connectivity index (χ0n) is 8.11. The normalized spacial score (nSPS) is 21.3. The highest BCUT2D eigenvalue weighted by atomic mass is 35.5. The largest absolute Gasteiger partial charge is 0.315 e. The van der Waals surface area contributed by atoms with Gasteiger partial charge >= 0.3 is 0 Å². The SMILES string of the molecule is Cl.c1ccc(CC2CNCCS2)cc1. The minimum Gasteiger partial charge on any atom is -0.315 e. The molecule has 0 aliphatic carbocycles. The van der Waals surface area contributed by atoms with Crippen molar-refractivity contribution in [3.05, 3.63) is 35.9 Å². The summed E-state index contributed by atoms with van der Waals surface area (Å²) in [5, 5.41) is 4.21. The van der Waals surface area contributed by atoms with Crippen molar-refractivity contribution in [2.75, 3.05) is 18.8 Å². The molecule has 0 amide bonds. The van der Waals surface area contributed by atoms with Gasteiger partial charge in [-0.2, -0.15) is 11.8 Å². The molecule has 14 heavy (non-hydrogen) atoms. The van der Waals surface area contributed by atoms with E-state index in [4.69, 9.17) is 0 Å². The van der Waals surface area contributed by atoms with Gasteiger partial charge in [-0.05, 0) is 12.0 Å². The monoisotopic (exact) mass is 229 g/mol. The van der Waals surface area contributed by atoms with Crippen LogP contribution in [0.2, 0.25) is 0 Å². The number of thioether (sulfide) groups is 1. The summed E-state index contributed by atoms with van der Waals surface area (Å²) in [7, 11) is 0. The molecule has 0 spiro atoms. The lowest BCUT2D eigenvalue weighted by atomic mass is 10.1. The Hall–Kier alpha value is -0.180. The van der Waals surface area contributed by atoms with Gasteiger partial charge in [-0.3, -0.25) is 0 Å². The lowest BCUT2D eigenvalue weighted by Gasteiger charge is -2.22. The summed E-state index contributed by atoms with van der Waals surface area (Å²) in [6.45, 7) is 2.34. The molecule has 3 heteroatoms. The van der Waals surface area contributed by atoms with Gasteiger partial charge in [0, 0.05) is 24.1 Å². The van der Waals surface area contributed by atoms with Crippen molar-refractivity contribution in [2.24, 2.45) is 0 Å². The number of nitrogens with one attached hydrogen (secondary N) is 1. The molecule has 1 N–H and O–H groups in total. The van der Waals surface area contributed by atoms with Crippen LogP contribution in [0.3, 0.4) is 0 Å². The predicted octanol–water partition coefficient (Wildman–Crippen LogP) is 2.36. The maximum Gasteiger partial charge on any atom is 0.0213 e. The Labute approximate surface area is 96.1 Å². The zero-order valence-corrected chi connectivity index (χ0v) is 9.74. The third-order valence-corrected chi connectivity index (χ3v) is 3.56. The van der Waals surface area contributed by atoms with Crippen molar-refractivity contribution in [2.45, 2.75) is 11.7 Å². The van der Waals surface area contributed by atoms with Crippen LogP contribution in [-0.2, 0) is 6.42 Å². The third kappa shape index (κ3) is 3.52. The van der Waals surface area contributed by atoms with Gasteiger partial charge in [0.2, 0.25) is 0 Å². The average molecular weight is 230 g/mol. The van der Waals surface area contributed by atoms with Crippen LogP contribution in [0.4, 0.5) is 0 Å². The standard InChI is InChI=1S/C11H15NS.ClH/c1-2-4-10(5-3-1)8-11-9-12-6-7-13-11;/h1-5,11-12H,6-9H2;1H. The van der Waals surface area contributed by atoms with Crippen LogP contribution in [0.5, 0.6) is 0 Å². The van der Waals surface area contributed by atoms with Gasteiger partial charge < -0.3 is 5.32 Å². The molecule has 78 valence electrons. The van der Waals surface area contributed by atoms with Crippen LogP contribution in [0.1, 0.15) is 5.56 Å². The van der Waals surface area contributed by atoms with E-state index in [1.807, 2.05) is 0 Å². The van der Waals surface area contributed by atoms with E-state index in [2.05, 4.69) is 47.4 Å². The van der Waals surface area contributed by atoms with Crippen molar-refractivity contribution < 1.29 is 0 Å². The molecule has 1 aromatic carbocycles. The summed E-state index contributed by atoms with van der Waals surface area (Å²) in [5.74, 6) is 1.26. The molecule has 0 radical (unpaired) electrons. The summed E-state index contributed by atoms with van der Waals surface area (Å²) in [4.78, 5) is 0. The lowest BCUT2D eigenvalue weighted by molar-refractivity contribution is 0.666. The molecule has 1 saturated heterocycles. The van der Waals surface area contributed by atoms with Crippen LogP contribution in [0, 0.1) is 0 Å². The molecule has 0 bridgehead atoms. The highest BCUT2D eigenvalue weighted by molar-refractivity contribution is 8.00. The lowest BCUT2D eigenvalue weighted by Crippen LogP contribution is -2.33. The minimum atomic E-state index is 0. The fourth-order valence-electron chi connectivity index (χ4n) is 1.63. The smallest absolute Gasteiger partial charge is 0.0213 e. The number of benzene rings is 1. The predicted molar refractivity (Wildman–Crippen MR) is 66.5 cm³/mol. The van der Waals surface area contributed by atoms with E-state index in [0.29, 0.717) is 0 Å². The first-order valence-electron chi connectivity index (χ1n) is 4.81. The third-order valence-electron chi connectivity index (χ3n) is 2.31. The van der Waals surface area contributed by atoms with Crippen molar-refractivity contribution in [3.63, 3.8) is 0 Å². The molecule has 1 atom stereocenters. The molecule has 1 heterocycles. The minimum absolute atomic E-state index is 0. The zero-order chi connectivity index (χ0) is 8.93. The van der Waals surface area contributed by atoms with Crippen LogP contribution in [-0.4, -0.2) is 24.1 Å². The Morgan fingerprint density at radius 3 is 2.71 bits per heavy atom. The van der Waals surface area contributed by atoms with Crippen molar-refractivity contribution in [1.82, 2.24) is 5.32 Å². The van der Waals surface area contributed by atoms with Gasteiger partial charge in [0.25, 0.3) is 0 Å². The van der Waals surface area contributed by atoms with Gasteiger partial charge in [0.1, 0.15) is 0 Å². The maximum atomic E-state index is 3.43. The number of rotatable bonds is 2. The summed E-state index contributed by atoms with van der Waals surface area (Å²) < 4.78 is 0. The Morgan fingerprint density at radius 2 is 2.07 bits per heavy atom. The molecule has 1 aliphatic heterocycles. The Morgan fingerprint density at radius 1 is 1.29 bits per heavy atom. The second-order valence-electron chi connectivity index (χ2n) is 3.39. The van der Waals surface area contributed by atoms with Crippen LogP contribution >= 0.6 is 24.2 Å². The van der Waals surface area contributed by atoms with Gasteiger partial charge in [0.15, 0.2) is 0 Å². The van der Waals surface area contributed by atoms with Crippen molar-refractivity contribution >= 4 is 24.2 Å². The fourth-order valence-corrected chi connectivity index (χ4v) is 2.77. The summed E-state index contributed by atoms with van der Waals surface area (Å²) in [6.07, 6.45) is 1.21. The van der Waals surface area contributed by atoms with Crippen LogP contribution in [0.15, 0.2) is 30.3 Å². The van der Waals surface area contributed by atoms with Gasteiger partial charge in [0.05, 0.1) is 0 Å². The summed E-state index contributed by atoms with van der Waals surface area (Å²) in [5.41, 5.74) is 1.46. The van der Waals surface area contributed by atoms with E-state index in [-0.39, 0.29) is 12.4 Å². The quantitative estimate of drug-likeness (QED) is 0.836. The molecule has 0 saturated carbocycles. The van der Waals surface area contributed by atoms with E-state index in [9.17, 15) is 0 Å². The maximum absolute atomic E-state index is 3.43. The molecular weight excluding hydrogens is 214 g/mol. The topological polar surface area (TPSA) is 12.0 Å². The number of hydrogen-bond acceptors (Lipinski definition) is 2. The Kier molecular flexibility index (Phi) is 5.38. The fraction of sp³-hybridized carbons (Fsp3) is 0.455. The molecule has 1 fully saturated rings. The molecule has 1 nitrogen and oxygen atoms in total. The number of halogens is 1. The average Bonchev–Trinajstić information content (AvgIpc) is 2.21. The number of hydrogen-bond donors (Lipinski definition) is 1. The van der Waals surface area contributed by atoms with Gasteiger partial charge in [-0.25, -0.2) is 0 Å². The van der Waals surface area contributed by atoms with Gasteiger partial charge in [-0.1, -0.05) is 30.3 Å². The van der Waals surface area contributed by atoms with E-state index in [0.717, 1.165) is 5.25 Å². The Bertz CT molecular complexity index is 247. The highest BCUT2D eigenvalue weighted by Gasteiger charge is 2.13. The first kappa shape index (κ1) is 11.9. The second-order valence-corrected chi connectivity index (χ2v) is 4.79. The molecule has 1 unspecified atom stereocenters. The molecule has 0 aromatic heterocycles. The van der Waals surface area contributed by atoms with E-state index in [1.165, 1.54) is 30.8 Å². The molecule has 2 rings (SSSR count). The second kappa shape index (κ2) is 6.33. The van der Waals surface area contributed by atoms with Crippen LogP contribution in [0.25, 0.3) is 0 Å². The molecular formula is C11H16ClNS. The van der Waals surface area contributed by atoms with E-state index >= 15 is 0 Å². The van der Waals surface area contributed by atoms with Crippen molar-refractivity contribution in [3.8, 4) is 0 Å². The Balaban J connectivity index is 0.000000980. The van der Waals surface area contributed by atoms with Gasteiger partial charge in [-0.15, -0.1) is 12.4 Å². The van der Waals surface area contributed by atoms with E-state index in [1.54, 1.807) is 0 Å². The summed E-state index contributed by atoms with van der Waals surface area (Å²) in [6, 6.07) is 10.8. The molecule has 1 aliphatic rings.